The SMILES string of the molecule is O=c1c2ccccc2cnn1CCc1n[nH]c(=S)n1Cc1ccccc1. The summed E-state index contributed by atoms with van der Waals surface area (Å²) in [5, 5.41) is 13.0. The molecular weight excluding hydrogens is 346 g/mol. The van der Waals surface area contributed by atoms with Crippen molar-refractivity contribution in [1.29, 1.82) is 0 Å². The van der Waals surface area contributed by atoms with E-state index in [0.29, 0.717) is 29.7 Å². The molecule has 0 saturated carbocycles. The van der Waals surface area contributed by atoms with Crippen LogP contribution >= 0.6 is 12.2 Å². The summed E-state index contributed by atoms with van der Waals surface area (Å²) in [6.07, 6.45) is 2.28. The van der Waals surface area contributed by atoms with Gasteiger partial charge in [0.1, 0.15) is 5.82 Å². The van der Waals surface area contributed by atoms with Crippen LogP contribution in [-0.2, 0) is 19.5 Å². The normalized spacial score (nSPS) is 11.1. The van der Waals surface area contributed by atoms with Crippen molar-refractivity contribution in [2.24, 2.45) is 0 Å². The van der Waals surface area contributed by atoms with E-state index in [1.54, 1.807) is 6.20 Å². The molecule has 0 spiro atoms. The second kappa shape index (κ2) is 7.05. The minimum absolute atomic E-state index is 0.0909. The molecule has 0 atom stereocenters. The third-order valence-corrected chi connectivity index (χ3v) is 4.64. The highest BCUT2D eigenvalue weighted by Crippen LogP contribution is 2.09. The van der Waals surface area contributed by atoms with Crippen molar-refractivity contribution < 1.29 is 0 Å². The van der Waals surface area contributed by atoms with E-state index in [4.69, 9.17) is 12.2 Å². The van der Waals surface area contributed by atoms with Gasteiger partial charge in [0.15, 0.2) is 4.77 Å². The minimum atomic E-state index is -0.0909. The van der Waals surface area contributed by atoms with Crippen molar-refractivity contribution >= 4 is 23.0 Å². The zero-order valence-corrected chi connectivity index (χ0v) is 14.8. The summed E-state index contributed by atoms with van der Waals surface area (Å²) in [5.74, 6) is 0.806. The highest BCUT2D eigenvalue weighted by molar-refractivity contribution is 7.71. The van der Waals surface area contributed by atoms with E-state index >= 15 is 0 Å². The van der Waals surface area contributed by atoms with Crippen molar-refractivity contribution in [1.82, 2.24) is 24.5 Å². The predicted molar refractivity (Wildman–Crippen MR) is 103 cm³/mol. The average Bonchev–Trinajstić information content (AvgIpc) is 3.02. The Morgan fingerprint density at radius 1 is 1.04 bits per heavy atom. The van der Waals surface area contributed by atoms with Gasteiger partial charge in [-0.1, -0.05) is 48.5 Å². The first-order valence-electron chi connectivity index (χ1n) is 8.35. The molecule has 0 fully saturated rings. The van der Waals surface area contributed by atoms with Gasteiger partial charge in [0.2, 0.25) is 0 Å². The number of fused-ring (bicyclic) bond motifs is 1. The number of aryl methyl sites for hydroxylation is 2. The molecule has 0 radical (unpaired) electrons. The van der Waals surface area contributed by atoms with E-state index < -0.39 is 0 Å². The molecule has 2 aromatic carbocycles. The van der Waals surface area contributed by atoms with Crippen molar-refractivity contribution in [3.05, 3.63) is 87.3 Å². The molecule has 1 N–H and O–H groups in total. The lowest BCUT2D eigenvalue weighted by atomic mass is 10.2. The largest absolute Gasteiger partial charge is 0.300 e. The third-order valence-electron chi connectivity index (χ3n) is 4.33. The van der Waals surface area contributed by atoms with Crippen molar-refractivity contribution in [3.63, 3.8) is 0 Å². The van der Waals surface area contributed by atoms with E-state index in [0.717, 1.165) is 16.8 Å². The first-order valence-corrected chi connectivity index (χ1v) is 8.76. The van der Waals surface area contributed by atoms with Crippen LogP contribution in [0.1, 0.15) is 11.4 Å². The van der Waals surface area contributed by atoms with Crippen molar-refractivity contribution in [2.75, 3.05) is 0 Å². The van der Waals surface area contributed by atoms with Crippen LogP contribution in [0.25, 0.3) is 10.8 Å². The summed E-state index contributed by atoms with van der Waals surface area (Å²) >= 11 is 5.35. The van der Waals surface area contributed by atoms with E-state index in [1.165, 1.54) is 4.68 Å². The molecule has 0 aliphatic rings. The maximum absolute atomic E-state index is 12.6. The molecule has 2 heterocycles. The number of aromatic nitrogens is 5. The standard InChI is InChI=1S/C19H17N5OS/c25-18-16-9-5-4-8-15(16)12-20-24(18)11-10-17-21-22-19(26)23(17)13-14-6-2-1-3-7-14/h1-9,12H,10-11,13H2,(H,22,26). The van der Waals surface area contributed by atoms with E-state index in [1.807, 2.05) is 59.2 Å². The molecule has 2 aromatic heterocycles. The van der Waals surface area contributed by atoms with E-state index in [-0.39, 0.29) is 5.56 Å². The summed E-state index contributed by atoms with van der Waals surface area (Å²) in [6.45, 7) is 1.09. The first-order chi connectivity index (χ1) is 12.7. The molecule has 4 aromatic rings. The number of hydrogen-bond donors (Lipinski definition) is 1. The second-order valence-electron chi connectivity index (χ2n) is 6.03. The molecule has 130 valence electrons. The zero-order valence-electron chi connectivity index (χ0n) is 14.0. The Kier molecular flexibility index (Phi) is 4.45. The van der Waals surface area contributed by atoms with Gasteiger partial charge in [-0.05, 0) is 23.8 Å². The Balaban J connectivity index is 1.59. The predicted octanol–water partition coefficient (Wildman–Crippen LogP) is 2.94. The Morgan fingerprint density at radius 3 is 2.65 bits per heavy atom. The Labute approximate surface area is 154 Å². The third kappa shape index (κ3) is 3.21. The van der Waals surface area contributed by atoms with Gasteiger partial charge in [-0.2, -0.15) is 10.2 Å². The van der Waals surface area contributed by atoms with Gasteiger partial charge in [0, 0.05) is 11.8 Å². The van der Waals surface area contributed by atoms with Gasteiger partial charge in [-0.3, -0.25) is 14.5 Å². The molecule has 0 amide bonds. The number of H-pyrrole nitrogens is 1. The molecule has 0 aliphatic heterocycles. The second-order valence-corrected chi connectivity index (χ2v) is 6.41. The molecule has 0 bridgehead atoms. The van der Waals surface area contributed by atoms with Gasteiger partial charge >= 0.3 is 0 Å². The molecule has 0 unspecified atom stereocenters. The highest BCUT2D eigenvalue weighted by atomic mass is 32.1. The Bertz CT molecular complexity index is 1160. The lowest BCUT2D eigenvalue weighted by molar-refractivity contribution is 0.557. The van der Waals surface area contributed by atoms with Crippen LogP contribution in [0, 0.1) is 4.77 Å². The van der Waals surface area contributed by atoms with E-state index in [9.17, 15) is 4.79 Å². The lowest BCUT2D eigenvalue weighted by Crippen LogP contribution is -2.24. The van der Waals surface area contributed by atoms with Crippen LogP contribution in [0.5, 0.6) is 0 Å². The fourth-order valence-electron chi connectivity index (χ4n) is 2.96. The summed E-state index contributed by atoms with van der Waals surface area (Å²) in [6, 6.07) is 17.5. The van der Waals surface area contributed by atoms with Crippen LogP contribution in [0.3, 0.4) is 0 Å². The maximum Gasteiger partial charge on any atom is 0.274 e. The number of rotatable bonds is 5. The molecule has 6 nitrogen and oxygen atoms in total. The highest BCUT2D eigenvalue weighted by Gasteiger charge is 2.09. The van der Waals surface area contributed by atoms with Gasteiger partial charge in [-0.25, -0.2) is 4.68 Å². The van der Waals surface area contributed by atoms with Gasteiger partial charge in [-0.15, -0.1) is 0 Å². The topological polar surface area (TPSA) is 68.5 Å². The minimum Gasteiger partial charge on any atom is -0.300 e. The number of aromatic amines is 1. The van der Waals surface area contributed by atoms with Crippen LogP contribution in [0.4, 0.5) is 0 Å². The van der Waals surface area contributed by atoms with Crippen molar-refractivity contribution in [2.45, 2.75) is 19.5 Å². The van der Waals surface area contributed by atoms with Crippen LogP contribution in [0.15, 0.2) is 65.6 Å². The van der Waals surface area contributed by atoms with Gasteiger partial charge in [0.25, 0.3) is 5.56 Å². The number of benzene rings is 2. The molecule has 0 saturated heterocycles. The molecule has 7 heteroatoms. The average molecular weight is 363 g/mol. The smallest absolute Gasteiger partial charge is 0.274 e. The Morgan fingerprint density at radius 2 is 1.81 bits per heavy atom. The Hall–Kier alpha value is -3.06. The van der Waals surface area contributed by atoms with Crippen LogP contribution in [-0.4, -0.2) is 24.5 Å². The summed E-state index contributed by atoms with van der Waals surface area (Å²) in [7, 11) is 0. The number of nitrogens with zero attached hydrogens (tertiary/aromatic N) is 4. The van der Waals surface area contributed by atoms with Crippen LogP contribution in [0.2, 0.25) is 0 Å². The number of hydrogen-bond acceptors (Lipinski definition) is 4. The van der Waals surface area contributed by atoms with Crippen LogP contribution < -0.4 is 5.56 Å². The van der Waals surface area contributed by atoms with Gasteiger partial charge < -0.3 is 0 Å². The number of nitrogens with one attached hydrogen (secondary N) is 1. The summed E-state index contributed by atoms with van der Waals surface area (Å²) in [4.78, 5) is 12.6. The fraction of sp³-hybridized carbons (Fsp3) is 0.158. The molecule has 4 rings (SSSR count). The van der Waals surface area contributed by atoms with Crippen molar-refractivity contribution in [3.8, 4) is 0 Å². The molecular formula is C19H17N5OS. The van der Waals surface area contributed by atoms with E-state index in [2.05, 4.69) is 15.3 Å². The maximum atomic E-state index is 12.6. The zero-order chi connectivity index (χ0) is 17.9. The lowest BCUT2D eigenvalue weighted by Gasteiger charge is -2.08. The monoisotopic (exact) mass is 363 g/mol. The summed E-state index contributed by atoms with van der Waals surface area (Å²) < 4.78 is 4.01. The molecule has 26 heavy (non-hydrogen) atoms. The fourth-order valence-corrected chi connectivity index (χ4v) is 3.18. The molecule has 0 aliphatic carbocycles. The quantitative estimate of drug-likeness (QED) is 0.554. The first kappa shape index (κ1) is 16.4. The summed E-state index contributed by atoms with van der Waals surface area (Å²) in [5.41, 5.74) is 1.05. The van der Waals surface area contributed by atoms with Gasteiger partial charge in [0.05, 0.1) is 24.7 Å².